The molecule has 0 bridgehead atoms. The molecule has 0 aliphatic carbocycles. The van der Waals surface area contributed by atoms with Crippen LogP contribution in [0, 0.1) is 6.92 Å². The SMILES string of the molecule is COCCn1c(C)nc2ccc(-c3ccn4nc(NC5CCNCC5)ncc34)nc21. The van der Waals surface area contributed by atoms with Crippen molar-refractivity contribution in [2.45, 2.75) is 32.4 Å². The zero-order chi connectivity index (χ0) is 20.5. The van der Waals surface area contributed by atoms with Crippen LogP contribution in [-0.4, -0.2) is 62.0 Å². The number of hydrogen-bond acceptors (Lipinski definition) is 7. The number of aryl methyl sites for hydroxylation is 1. The Morgan fingerprint density at radius 1 is 1.20 bits per heavy atom. The lowest BCUT2D eigenvalue weighted by Gasteiger charge is -2.23. The molecule has 5 heterocycles. The lowest BCUT2D eigenvalue weighted by atomic mass is 10.1. The Balaban J connectivity index is 1.47. The third-order valence-corrected chi connectivity index (χ3v) is 5.67. The molecule has 156 valence electrons. The summed E-state index contributed by atoms with van der Waals surface area (Å²) < 4.78 is 9.20. The summed E-state index contributed by atoms with van der Waals surface area (Å²) in [6.07, 6.45) is 5.99. The van der Waals surface area contributed by atoms with E-state index >= 15 is 0 Å². The van der Waals surface area contributed by atoms with Crippen molar-refractivity contribution >= 4 is 22.6 Å². The summed E-state index contributed by atoms with van der Waals surface area (Å²) in [6.45, 7) is 5.40. The van der Waals surface area contributed by atoms with Crippen molar-refractivity contribution in [2.75, 3.05) is 32.1 Å². The van der Waals surface area contributed by atoms with E-state index < -0.39 is 0 Å². The number of pyridine rings is 1. The van der Waals surface area contributed by atoms with Crippen molar-refractivity contribution in [3.63, 3.8) is 0 Å². The van der Waals surface area contributed by atoms with Crippen LogP contribution in [0.3, 0.4) is 0 Å². The first-order valence-corrected chi connectivity index (χ1v) is 10.4. The third-order valence-electron chi connectivity index (χ3n) is 5.67. The van der Waals surface area contributed by atoms with Gasteiger partial charge in [-0.3, -0.25) is 0 Å². The van der Waals surface area contributed by atoms with Gasteiger partial charge in [0.05, 0.1) is 24.0 Å². The molecule has 0 atom stereocenters. The van der Waals surface area contributed by atoms with E-state index in [2.05, 4.69) is 30.3 Å². The number of aromatic nitrogens is 6. The van der Waals surface area contributed by atoms with E-state index in [0.717, 1.165) is 66.2 Å². The molecule has 4 aromatic rings. The highest BCUT2D eigenvalue weighted by Crippen LogP contribution is 2.26. The van der Waals surface area contributed by atoms with Crippen LogP contribution in [0.15, 0.2) is 30.6 Å². The summed E-state index contributed by atoms with van der Waals surface area (Å²) >= 11 is 0. The van der Waals surface area contributed by atoms with Gasteiger partial charge in [0.15, 0.2) is 5.65 Å². The number of anilines is 1. The fourth-order valence-electron chi connectivity index (χ4n) is 4.05. The first kappa shape index (κ1) is 19.0. The average molecular weight is 406 g/mol. The van der Waals surface area contributed by atoms with E-state index in [0.29, 0.717) is 18.6 Å². The zero-order valence-electron chi connectivity index (χ0n) is 17.3. The first-order chi connectivity index (χ1) is 14.7. The topological polar surface area (TPSA) is 94.2 Å². The second-order valence-electron chi connectivity index (χ2n) is 7.65. The molecule has 0 aromatic carbocycles. The second kappa shape index (κ2) is 8.00. The predicted octanol–water partition coefficient (Wildman–Crippen LogP) is 2.26. The maximum absolute atomic E-state index is 5.24. The van der Waals surface area contributed by atoms with Gasteiger partial charge in [-0.1, -0.05) is 0 Å². The maximum Gasteiger partial charge on any atom is 0.241 e. The van der Waals surface area contributed by atoms with Crippen LogP contribution >= 0.6 is 0 Å². The monoisotopic (exact) mass is 406 g/mol. The smallest absolute Gasteiger partial charge is 0.241 e. The van der Waals surface area contributed by atoms with Crippen molar-refractivity contribution in [3.05, 3.63) is 36.4 Å². The highest BCUT2D eigenvalue weighted by molar-refractivity contribution is 5.82. The van der Waals surface area contributed by atoms with Crippen molar-refractivity contribution in [2.24, 2.45) is 0 Å². The van der Waals surface area contributed by atoms with Crippen LogP contribution in [0.1, 0.15) is 18.7 Å². The molecular formula is C21H26N8O. The summed E-state index contributed by atoms with van der Waals surface area (Å²) in [5, 5.41) is 11.5. The number of ether oxygens (including phenoxy) is 1. The normalized spacial score (nSPS) is 15.3. The largest absolute Gasteiger partial charge is 0.383 e. The number of piperidine rings is 1. The van der Waals surface area contributed by atoms with Gasteiger partial charge in [-0.05, 0) is 51.1 Å². The van der Waals surface area contributed by atoms with E-state index in [1.807, 2.05) is 42.0 Å². The van der Waals surface area contributed by atoms with E-state index in [9.17, 15) is 0 Å². The van der Waals surface area contributed by atoms with Gasteiger partial charge in [-0.15, -0.1) is 5.10 Å². The predicted molar refractivity (Wildman–Crippen MR) is 116 cm³/mol. The Bertz CT molecular complexity index is 1170. The van der Waals surface area contributed by atoms with Gasteiger partial charge in [0.25, 0.3) is 0 Å². The minimum absolute atomic E-state index is 0.415. The minimum Gasteiger partial charge on any atom is -0.383 e. The Morgan fingerprint density at radius 2 is 2.07 bits per heavy atom. The molecule has 4 aromatic heterocycles. The molecule has 0 radical (unpaired) electrons. The van der Waals surface area contributed by atoms with E-state index in [4.69, 9.17) is 9.72 Å². The molecular weight excluding hydrogens is 380 g/mol. The minimum atomic E-state index is 0.415. The number of rotatable bonds is 6. The van der Waals surface area contributed by atoms with Crippen LogP contribution in [-0.2, 0) is 11.3 Å². The fourth-order valence-corrected chi connectivity index (χ4v) is 4.05. The quantitative estimate of drug-likeness (QED) is 0.507. The third kappa shape index (κ3) is 3.50. The molecule has 30 heavy (non-hydrogen) atoms. The summed E-state index contributed by atoms with van der Waals surface area (Å²) in [5.74, 6) is 1.60. The number of methoxy groups -OCH3 is 1. The Labute approximate surface area is 174 Å². The summed E-state index contributed by atoms with van der Waals surface area (Å²) in [5.41, 5.74) is 4.57. The molecule has 9 nitrogen and oxygen atoms in total. The highest BCUT2D eigenvalue weighted by atomic mass is 16.5. The number of nitrogens with one attached hydrogen (secondary N) is 2. The molecule has 5 rings (SSSR count). The lowest BCUT2D eigenvalue weighted by Crippen LogP contribution is -2.35. The van der Waals surface area contributed by atoms with Gasteiger partial charge in [-0.2, -0.15) is 0 Å². The fraction of sp³-hybridized carbons (Fsp3) is 0.429. The Hall–Kier alpha value is -3.04. The van der Waals surface area contributed by atoms with Gasteiger partial charge >= 0.3 is 0 Å². The number of fused-ring (bicyclic) bond motifs is 2. The van der Waals surface area contributed by atoms with Crippen LogP contribution in [0.2, 0.25) is 0 Å². The Morgan fingerprint density at radius 3 is 2.90 bits per heavy atom. The molecule has 0 saturated carbocycles. The maximum atomic E-state index is 5.24. The number of nitrogens with zero attached hydrogens (tertiary/aromatic N) is 6. The van der Waals surface area contributed by atoms with Crippen molar-refractivity contribution < 1.29 is 4.74 Å². The molecule has 1 saturated heterocycles. The number of imidazole rings is 1. The summed E-state index contributed by atoms with van der Waals surface area (Å²) in [4.78, 5) is 14.1. The van der Waals surface area contributed by atoms with Gasteiger partial charge < -0.3 is 19.9 Å². The standard InChI is InChI=1S/C21H26N8O/c1-14-24-18-4-3-17(26-20(18)28(14)11-12-30-2)16-7-10-29-19(16)13-23-21(27-29)25-15-5-8-22-9-6-15/h3-4,7,10,13,15,22H,5-6,8-9,11-12H2,1-2H3,(H,25,27). The molecule has 9 heteroatoms. The van der Waals surface area contributed by atoms with Crippen molar-refractivity contribution in [3.8, 4) is 11.3 Å². The zero-order valence-corrected chi connectivity index (χ0v) is 17.3. The van der Waals surface area contributed by atoms with E-state index in [1.54, 1.807) is 7.11 Å². The van der Waals surface area contributed by atoms with Gasteiger partial charge in [0, 0.05) is 31.5 Å². The summed E-state index contributed by atoms with van der Waals surface area (Å²) in [7, 11) is 1.70. The van der Waals surface area contributed by atoms with Crippen molar-refractivity contribution in [1.29, 1.82) is 0 Å². The Kier molecular flexibility index (Phi) is 5.06. The highest BCUT2D eigenvalue weighted by Gasteiger charge is 2.16. The van der Waals surface area contributed by atoms with Crippen molar-refractivity contribution in [1.82, 2.24) is 34.4 Å². The molecule has 1 aliphatic rings. The van der Waals surface area contributed by atoms with Gasteiger partial charge in [-0.25, -0.2) is 19.5 Å². The molecule has 0 unspecified atom stereocenters. The summed E-state index contributed by atoms with van der Waals surface area (Å²) in [6, 6.07) is 6.48. The van der Waals surface area contributed by atoms with Gasteiger partial charge in [0.2, 0.25) is 5.95 Å². The van der Waals surface area contributed by atoms with E-state index in [-0.39, 0.29) is 0 Å². The van der Waals surface area contributed by atoms with Crippen LogP contribution < -0.4 is 10.6 Å². The molecule has 0 spiro atoms. The molecule has 2 N–H and O–H groups in total. The lowest BCUT2D eigenvalue weighted by molar-refractivity contribution is 0.187. The van der Waals surface area contributed by atoms with Crippen LogP contribution in [0.4, 0.5) is 5.95 Å². The van der Waals surface area contributed by atoms with Crippen LogP contribution in [0.25, 0.3) is 27.9 Å². The average Bonchev–Trinajstić information content (AvgIpc) is 3.32. The van der Waals surface area contributed by atoms with Gasteiger partial charge in [0.1, 0.15) is 11.3 Å². The molecule has 0 amide bonds. The second-order valence-corrected chi connectivity index (χ2v) is 7.65. The molecule has 1 fully saturated rings. The van der Waals surface area contributed by atoms with Crippen LogP contribution in [0.5, 0.6) is 0 Å². The molecule has 1 aliphatic heterocycles. The number of hydrogen-bond donors (Lipinski definition) is 2. The first-order valence-electron chi connectivity index (χ1n) is 10.4. The van der Waals surface area contributed by atoms with E-state index in [1.165, 1.54) is 0 Å².